The molecule has 0 aliphatic carbocycles. The third kappa shape index (κ3) is 10.3. The fourth-order valence-electron chi connectivity index (χ4n) is 3.11. The highest BCUT2D eigenvalue weighted by atomic mass is 32.2. The molecule has 2 N–H and O–H groups in total. The van der Waals surface area contributed by atoms with E-state index in [1.165, 1.54) is 0 Å². The predicted molar refractivity (Wildman–Crippen MR) is 130 cm³/mol. The Hall–Kier alpha value is -1.95. The van der Waals surface area contributed by atoms with Crippen LogP contribution in [-0.2, 0) is 9.84 Å². The average Bonchev–Trinajstić information content (AvgIpc) is 2.76. The van der Waals surface area contributed by atoms with E-state index in [9.17, 15) is 8.42 Å². The number of aliphatic hydroxyl groups excluding tert-OH is 2. The van der Waals surface area contributed by atoms with Crippen molar-refractivity contribution in [3.63, 3.8) is 0 Å². The maximum Gasteiger partial charge on any atom is 0.185 e. The Bertz CT molecular complexity index is 891. The van der Waals surface area contributed by atoms with Gasteiger partial charge < -0.3 is 10.2 Å². The number of sulfone groups is 1. The highest BCUT2D eigenvalue weighted by molar-refractivity contribution is 7.92. The summed E-state index contributed by atoms with van der Waals surface area (Å²) >= 11 is 0. The summed E-state index contributed by atoms with van der Waals surface area (Å²) in [6, 6.07) is 8.62. The lowest BCUT2D eigenvalue weighted by atomic mass is 10.1. The number of hydrogen-bond donors (Lipinski definition) is 2. The highest BCUT2D eigenvalue weighted by Gasteiger charge is 2.24. The number of allylic oxidation sites excluding steroid dienone is 5. The van der Waals surface area contributed by atoms with Crippen molar-refractivity contribution >= 4 is 9.84 Å². The zero-order chi connectivity index (χ0) is 23.3. The third-order valence-corrected chi connectivity index (χ3v) is 7.26. The van der Waals surface area contributed by atoms with Crippen molar-refractivity contribution in [3.8, 4) is 0 Å². The molecule has 1 unspecified atom stereocenters. The van der Waals surface area contributed by atoms with Crippen LogP contribution < -0.4 is 0 Å². The summed E-state index contributed by atoms with van der Waals surface area (Å²) in [4.78, 5) is 0.340. The van der Waals surface area contributed by atoms with Crippen molar-refractivity contribution in [3.05, 3.63) is 76.9 Å². The van der Waals surface area contributed by atoms with Crippen LogP contribution >= 0.6 is 0 Å². The van der Waals surface area contributed by atoms with Gasteiger partial charge in [0.25, 0.3) is 0 Å². The van der Waals surface area contributed by atoms with Crippen LogP contribution in [0, 0.1) is 0 Å². The van der Waals surface area contributed by atoms with Crippen molar-refractivity contribution in [1.29, 1.82) is 0 Å². The van der Waals surface area contributed by atoms with E-state index in [1.807, 2.05) is 58.1 Å². The molecule has 0 spiro atoms. The lowest BCUT2D eigenvalue weighted by Crippen LogP contribution is -2.19. The fourth-order valence-corrected chi connectivity index (χ4v) is 4.76. The molecular weight excluding hydrogens is 408 g/mol. The molecule has 1 aromatic carbocycles. The van der Waals surface area contributed by atoms with E-state index in [2.05, 4.69) is 0 Å². The standard InChI is InChI=1S/C26H38O4S/c1-21(10-8-12-23(3)19-27)16-17-26(18-22(2)11-9-13-24(4)20-28)31(29,30)25-14-6-5-7-15-25/h5-7,12-16,18,26-28H,8-11,17,19-20H2,1-4H3/b21-16+,22-18+,23-12+,24-13+. The number of hydrogen-bond acceptors (Lipinski definition) is 4. The van der Waals surface area contributed by atoms with E-state index in [-0.39, 0.29) is 13.2 Å². The number of rotatable bonds is 13. The van der Waals surface area contributed by atoms with Gasteiger partial charge in [0.2, 0.25) is 0 Å². The minimum absolute atomic E-state index is 0.0465. The Labute approximate surface area is 188 Å². The van der Waals surface area contributed by atoms with Crippen LogP contribution in [0.1, 0.15) is 59.8 Å². The van der Waals surface area contributed by atoms with Gasteiger partial charge in [-0.3, -0.25) is 0 Å². The molecule has 1 atom stereocenters. The zero-order valence-electron chi connectivity index (χ0n) is 19.3. The van der Waals surface area contributed by atoms with E-state index >= 15 is 0 Å². The van der Waals surface area contributed by atoms with Crippen LogP contribution in [0.3, 0.4) is 0 Å². The molecule has 0 radical (unpaired) electrons. The minimum atomic E-state index is -3.50. The molecule has 0 saturated heterocycles. The molecule has 4 nitrogen and oxygen atoms in total. The van der Waals surface area contributed by atoms with Crippen LogP contribution in [0.5, 0.6) is 0 Å². The molecule has 0 heterocycles. The molecule has 0 aromatic heterocycles. The topological polar surface area (TPSA) is 74.6 Å². The Morgan fingerprint density at radius 2 is 1.32 bits per heavy atom. The summed E-state index contributed by atoms with van der Waals surface area (Å²) in [6.07, 6.45) is 11.5. The molecule has 0 bridgehead atoms. The number of aliphatic hydroxyl groups is 2. The van der Waals surface area contributed by atoms with Crippen LogP contribution in [0.4, 0.5) is 0 Å². The van der Waals surface area contributed by atoms with E-state index in [0.717, 1.165) is 48.0 Å². The van der Waals surface area contributed by atoms with Gasteiger partial charge in [0, 0.05) is 0 Å². The highest BCUT2D eigenvalue weighted by Crippen LogP contribution is 2.23. The molecule has 172 valence electrons. The van der Waals surface area contributed by atoms with Crippen molar-refractivity contribution in [2.75, 3.05) is 13.2 Å². The Balaban J connectivity index is 3.03. The van der Waals surface area contributed by atoms with Crippen LogP contribution in [0.15, 0.2) is 81.8 Å². The summed E-state index contributed by atoms with van der Waals surface area (Å²) in [5, 5.41) is 17.6. The van der Waals surface area contributed by atoms with E-state index in [1.54, 1.807) is 24.3 Å². The summed E-state index contributed by atoms with van der Waals surface area (Å²) in [5.41, 5.74) is 4.04. The van der Waals surface area contributed by atoms with E-state index in [4.69, 9.17) is 10.2 Å². The van der Waals surface area contributed by atoms with Crippen molar-refractivity contribution in [2.45, 2.75) is 69.9 Å². The minimum Gasteiger partial charge on any atom is -0.392 e. The Morgan fingerprint density at radius 3 is 1.84 bits per heavy atom. The summed E-state index contributed by atoms with van der Waals surface area (Å²) < 4.78 is 26.6. The van der Waals surface area contributed by atoms with Gasteiger partial charge in [-0.05, 0) is 71.9 Å². The monoisotopic (exact) mass is 446 g/mol. The Morgan fingerprint density at radius 1 is 0.806 bits per heavy atom. The molecular formula is C26H38O4S. The quantitative estimate of drug-likeness (QED) is 0.390. The molecule has 0 fully saturated rings. The van der Waals surface area contributed by atoms with Crippen LogP contribution in [-0.4, -0.2) is 37.1 Å². The molecule has 31 heavy (non-hydrogen) atoms. The van der Waals surface area contributed by atoms with Gasteiger partial charge in [0.1, 0.15) is 0 Å². The second kappa shape index (κ2) is 14.2. The predicted octanol–water partition coefficient (Wildman–Crippen LogP) is 5.55. The fraction of sp³-hybridized carbons (Fsp3) is 0.462. The second-order valence-electron chi connectivity index (χ2n) is 8.19. The van der Waals surface area contributed by atoms with Gasteiger partial charge in [0.15, 0.2) is 9.84 Å². The first-order chi connectivity index (χ1) is 14.7. The first-order valence-electron chi connectivity index (χ1n) is 10.9. The molecule has 0 saturated carbocycles. The van der Waals surface area contributed by atoms with E-state index in [0.29, 0.717) is 11.3 Å². The smallest absolute Gasteiger partial charge is 0.185 e. The largest absolute Gasteiger partial charge is 0.392 e. The molecule has 1 rings (SSSR count). The number of benzene rings is 1. The van der Waals surface area contributed by atoms with Crippen LogP contribution in [0.25, 0.3) is 0 Å². The average molecular weight is 447 g/mol. The van der Waals surface area contributed by atoms with Crippen LogP contribution in [0.2, 0.25) is 0 Å². The van der Waals surface area contributed by atoms with Gasteiger partial charge in [-0.2, -0.15) is 0 Å². The zero-order valence-corrected chi connectivity index (χ0v) is 20.2. The van der Waals surface area contributed by atoms with Crippen molar-refractivity contribution in [2.24, 2.45) is 0 Å². The SMILES string of the molecule is C/C(=C\CC/C(C)=C/CC(/C=C(\C)CC/C=C(\C)CO)S(=O)(=O)c1ccccc1)CO. The lowest BCUT2D eigenvalue weighted by Gasteiger charge is -2.15. The first kappa shape index (κ1) is 27.1. The maximum absolute atomic E-state index is 13.3. The summed E-state index contributed by atoms with van der Waals surface area (Å²) in [6.45, 7) is 7.88. The second-order valence-corrected chi connectivity index (χ2v) is 10.4. The van der Waals surface area contributed by atoms with E-state index < -0.39 is 15.1 Å². The van der Waals surface area contributed by atoms with Gasteiger partial charge in [-0.15, -0.1) is 0 Å². The molecule has 0 amide bonds. The van der Waals surface area contributed by atoms with Crippen molar-refractivity contribution in [1.82, 2.24) is 0 Å². The Kier molecular flexibility index (Phi) is 12.4. The molecule has 0 aliphatic heterocycles. The third-order valence-electron chi connectivity index (χ3n) is 5.20. The van der Waals surface area contributed by atoms with Gasteiger partial charge in [0.05, 0.1) is 23.4 Å². The maximum atomic E-state index is 13.3. The lowest BCUT2D eigenvalue weighted by molar-refractivity contribution is 0.330. The molecule has 0 aliphatic rings. The molecule has 5 heteroatoms. The summed E-state index contributed by atoms with van der Waals surface area (Å²) in [5.74, 6) is 0. The summed E-state index contributed by atoms with van der Waals surface area (Å²) in [7, 11) is -3.50. The van der Waals surface area contributed by atoms with Gasteiger partial charge in [-0.25, -0.2) is 8.42 Å². The van der Waals surface area contributed by atoms with Gasteiger partial charge >= 0.3 is 0 Å². The first-order valence-corrected chi connectivity index (χ1v) is 12.4. The normalized spacial score (nSPS) is 15.3. The molecule has 1 aromatic rings. The van der Waals surface area contributed by atoms with Crippen molar-refractivity contribution < 1.29 is 18.6 Å². The van der Waals surface area contributed by atoms with Gasteiger partial charge in [-0.1, -0.05) is 64.8 Å².